The average molecular weight is 448 g/mol. The van der Waals surface area contributed by atoms with Gasteiger partial charge >= 0.3 is 0 Å². The monoisotopic (exact) mass is 447 g/mol. The van der Waals surface area contributed by atoms with Crippen LogP contribution in [0.5, 0.6) is 5.75 Å². The standard InChI is InChI=1S/C26H26ClN3O2/c1-18(2)19-11-13-20(14-12-19)32-16-15-30-24-10-6-5-9-23(24)29-25(30)17-28-26(31)21-7-3-4-8-22(21)27/h3-14,18H,15-17H2,1-2H3,(H,28,31). The van der Waals surface area contributed by atoms with Crippen LogP contribution < -0.4 is 10.1 Å². The van der Waals surface area contributed by atoms with Crippen molar-refractivity contribution in [1.82, 2.24) is 14.9 Å². The van der Waals surface area contributed by atoms with Crippen LogP contribution in [0.25, 0.3) is 11.0 Å². The van der Waals surface area contributed by atoms with Crippen molar-refractivity contribution in [3.63, 3.8) is 0 Å². The summed E-state index contributed by atoms with van der Waals surface area (Å²) < 4.78 is 8.06. The van der Waals surface area contributed by atoms with Gasteiger partial charge in [0.15, 0.2) is 0 Å². The normalized spacial score (nSPS) is 11.1. The molecule has 0 aliphatic rings. The third kappa shape index (κ3) is 4.94. The Morgan fingerprint density at radius 1 is 1.03 bits per heavy atom. The summed E-state index contributed by atoms with van der Waals surface area (Å²) in [7, 11) is 0. The first-order chi connectivity index (χ1) is 15.5. The van der Waals surface area contributed by atoms with Gasteiger partial charge in [-0.15, -0.1) is 0 Å². The predicted octanol–water partition coefficient (Wildman–Crippen LogP) is 5.82. The Morgan fingerprint density at radius 2 is 1.75 bits per heavy atom. The van der Waals surface area contributed by atoms with Gasteiger partial charge in [-0.1, -0.05) is 61.8 Å². The molecule has 0 saturated heterocycles. The Bertz CT molecular complexity index is 1220. The van der Waals surface area contributed by atoms with Crippen LogP contribution in [0.4, 0.5) is 0 Å². The van der Waals surface area contributed by atoms with Crippen molar-refractivity contribution in [1.29, 1.82) is 0 Å². The Balaban J connectivity index is 1.46. The van der Waals surface area contributed by atoms with Crippen LogP contribution >= 0.6 is 11.6 Å². The number of carbonyl (C=O) groups excluding carboxylic acids is 1. The van der Waals surface area contributed by atoms with E-state index in [0.29, 0.717) is 36.2 Å². The molecular weight excluding hydrogens is 422 g/mol. The molecule has 3 aromatic carbocycles. The fourth-order valence-corrected chi connectivity index (χ4v) is 3.84. The zero-order valence-corrected chi connectivity index (χ0v) is 19.0. The van der Waals surface area contributed by atoms with E-state index in [1.54, 1.807) is 24.3 Å². The van der Waals surface area contributed by atoms with E-state index in [1.807, 2.05) is 36.4 Å². The van der Waals surface area contributed by atoms with E-state index in [1.165, 1.54) is 5.56 Å². The Labute approximate surface area is 193 Å². The number of aromatic nitrogens is 2. The number of rotatable bonds is 8. The van der Waals surface area contributed by atoms with Crippen molar-refractivity contribution in [3.8, 4) is 5.75 Å². The lowest BCUT2D eigenvalue weighted by Gasteiger charge is -2.12. The van der Waals surface area contributed by atoms with Gasteiger partial charge in [0.05, 0.1) is 34.7 Å². The molecule has 1 aromatic heterocycles. The summed E-state index contributed by atoms with van der Waals surface area (Å²) in [6.07, 6.45) is 0. The molecule has 1 N–H and O–H groups in total. The van der Waals surface area contributed by atoms with Gasteiger partial charge in [0.2, 0.25) is 0 Å². The number of hydrogen-bond donors (Lipinski definition) is 1. The van der Waals surface area contributed by atoms with E-state index >= 15 is 0 Å². The molecule has 6 heteroatoms. The topological polar surface area (TPSA) is 56.1 Å². The van der Waals surface area contributed by atoms with Gasteiger partial charge < -0.3 is 14.6 Å². The number of para-hydroxylation sites is 2. The Hall–Kier alpha value is -3.31. The van der Waals surface area contributed by atoms with Crippen LogP contribution in [0, 0.1) is 0 Å². The second-order valence-electron chi connectivity index (χ2n) is 7.90. The minimum Gasteiger partial charge on any atom is -0.492 e. The van der Waals surface area contributed by atoms with Gasteiger partial charge in [0.25, 0.3) is 5.91 Å². The average Bonchev–Trinajstić information content (AvgIpc) is 3.15. The molecular formula is C26H26ClN3O2. The Morgan fingerprint density at radius 3 is 2.50 bits per heavy atom. The molecule has 0 bridgehead atoms. The van der Waals surface area contributed by atoms with E-state index in [4.69, 9.17) is 21.3 Å². The zero-order chi connectivity index (χ0) is 22.5. The van der Waals surface area contributed by atoms with Crippen LogP contribution in [-0.2, 0) is 13.1 Å². The summed E-state index contributed by atoms with van der Waals surface area (Å²) in [5.41, 5.74) is 3.63. The van der Waals surface area contributed by atoms with Gasteiger partial charge in [0, 0.05) is 0 Å². The number of fused-ring (bicyclic) bond motifs is 1. The van der Waals surface area contributed by atoms with Gasteiger partial charge in [-0.25, -0.2) is 4.98 Å². The highest BCUT2D eigenvalue weighted by molar-refractivity contribution is 6.33. The molecule has 164 valence electrons. The van der Waals surface area contributed by atoms with Crippen molar-refractivity contribution < 1.29 is 9.53 Å². The summed E-state index contributed by atoms with van der Waals surface area (Å²) in [6, 6.07) is 23.2. The van der Waals surface area contributed by atoms with E-state index in [2.05, 4.69) is 35.9 Å². The number of halogens is 1. The maximum absolute atomic E-state index is 12.6. The number of ether oxygens (including phenoxy) is 1. The fraction of sp³-hybridized carbons (Fsp3) is 0.231. The van der Waals surface area contributed by atoms with Crippen molar-refractivity contribution in [3.05, 3.63) is 94.8 Å². The second-order valence-corrected chi connectivity index (χ2v) is 8.31. The third-order valence-corrected chi connectivity index (χ3v) is 5.72. The lowest BCUT2D eigenvalue weighted by Crippen LogP contribution is -2.25. The van der Waals surface area contributed by atoms with Gasteiger partial charge in [0.1, 0.15) is 18.2 Å². The second kappa shape index (κ2) is 9.88. The summed E-state index contributed by atoms with van der Waals surface area (Å²) in [4.78, 5) is 17.3. The molecule has 4 aromatic rings. The zero-order valence-electron chi connectivity index (χ0n) is 18.2. The molecule has 0 saturated carbocycles. The van der Waals surface area contributed by atoms with Crippen LogP contribution in [0.3, 0.4) is 0 Å². The molecule has 1 heterocycles. The van der Waals surface area contributed by atoms with Crippen LogP contribution in [0.15, 0.2) is 72.8 Å². The molecule has 5 nitrogen and oxygen atoms in total. The lowest BCUT2D eigenvalue weighted by atomic mass is 10.0. The van der Waals surface area contributed by atoms with Crippen LogP contribution in [0.2, 0.25) is 5.02 Å². The highest BCUT2D eigenvalue weighted by Gasteiger charge is 2.14. The number of amides is 1. The molecule has 0 unspecified atom stereocenters. The lowest BCUT2D eigenvalue weighted by molar-refractivity contribution is 0.0949. The number of hydrogen-bond acceptors (Lipinski definition) is 3. The molecule has 4 rings (SSSR count). The van der Waals surface area contributed by atoms with Gasteiger partial charge in [-0.05, 0) is 47.9 Å². The van der Waals surface area contributed by atoms with Crippen LogP contribution in [0.1, 0.15) is 41.5 Å². The highest BCUT2D eigenvalue weighted by atomic mass is 35.5. The first-order valence-corrected chi connectivity index (χ1v) is 11.1. The molecule has 0 aliphatic heterocycles. The van der Waals surface area contributed by atoms with E-state index < -0.39 is 0 Å². The molecule has 32 heavy (non-hydrogen) atoms. The molecule has 0 spiro atoms. The minimum atomic E-state index is -0.226. The quantitative estimate of drug-likeness (QED) is 0.370. The predicted molar refractivity (Wildman–Crippen MR) is 128 cm³/mol. The maximum Gasteiger partial charge on any atom is 0.253 e. The number of carbonyl (C=O) groups is 1. The number of nitrogens with zero attached hydrogens (tertiary/aromatic N) is 2. The number of imidazole rings is 1. The van der Waals surface area contributed by atoms with E-state index in [-0.39, 0.29) is 5.91 Å². The first-order valence-electron chi connectivity index (χ1n) is 10.7. The number of nitrogens with one attached hydrogen (secondary N) is 1. The molecule has 0 fully saturated rings. The largest absolute Gasteiger partial charge is 0.492 e. The first kappa shape index (κ1) is 21.9. The number of benzene rings is 3. The molecule has 0 aliphatic carbocycles. The van der Waals surface area contributed by atoms with Gasteiger partial charge in [-0.3, -0.25) is 4.79 Å². The van der Waals surface area contributed by atoms with Crippen molar-refractivity contribution in [2.45, 2.75) is 32.9 Å². The van der Waals surface area contributed by atoms with Crippen LogP contribution in [-0.4, -0.2) is 22.1 Å². The maximum atomic E-state index is 12.6. The summed E-state index contributed by atoms with van der Waals surface area (Å²) in [5.74, 6) is 1.87. The SMILES string of the molecule is CC(C)c1ccc(OCCn2c(CNC(=O)c3ccccc3Cl)nc3ccccc32)cc1. The molecule has 0 radical (unpaired) electrons. The highest BCUT2D eigenvalue weighted by Crippen LogP contribution is 2.20. The third-order valence-electron chi connectivity index (χ3n) is 5.39. The van der Waals surface area contributed by atoms with Gasteiger partial charge in [-0.2, -0.15) is 0 Å². The van der Waals surface area contributed by atoms with E-state index in [0.717, 1.165) is 22.6 Å². The summed E-state index contributed by atoms with van der Waals surface area (Å²) >= 11 is 6.15. The molecule has 1 amide bonds. The minimum absolute atomic E-state index is 0.226. The van der Waals surface area contributed by atoms with Crippen molar-refractivity contribution >= 4 is 28.5 Å². The smallest absolute Gasteiger partial charge is 0.253 e. The van der Waals surface area contributed by atoms with E-state index in [9.17, 15) is 4.79 Å². The van der Waals surface area contributed by atoms with Crippen molar-refractivity contribution in [2.24, 2.45) is 0 Å². The summed E-state index contributed by atoms with van der Waals surface area (Å²) in [6.45, 7) is 5.75. The summed E-state index contributed by atoms with van der Waals surface area (Å²) in [5, 5.41) is 3.36. The van der Waals surface area contributed by atoms with Crippen molar-refractivity contribution in [2.75, 3.05) is 6.61 Å². The Kier molecular flexibility index (Phi) is 6.76. The fourth-order valence-electron chi connectivity index (χ4n) is 3.61. The molecule has 0 atom stereocenters.